The van der Waals surface area contributed by atoms with Crippen LogP contribution in [0.25, 0.3) is 0 Å². The lowest BCUT2D eigenvalue weighted by molar-refractivity contribution is 0.0598. The number of ether oxygens (including phenoxy) is 2. The summed E-state index contributed by atoms with van der Waals surface area (Å²) in [5.41, 5.74) is 6.08. The maximum atomic E-state index is 11.5. The summed E-state index contributed by atoms with van der Waals surface area (Å²) in [6.07, 6.45) is 1.79. The molecule has 7 heteroatoms. The van der Waals surface area contributed by atoms with Crippen LogP contribution >= 0.6 is 23.1 Å². The predicted octanol–water partition coefficient (Wildman–Crippen LogP) is 1.63. The molecule has 0 unspecified atom stereocenters. The zero-order valence-electron chi connectivity index (χ0n) is 9.03. The van der Waals surface area contributed by atoms with Crippen LogP contribution < -0.4 is 5.73 Å². The topological polar surface area (TPSA) is 78.6 Å². The smallest absolute Gasteiger partial charge is 0.350 e. The summed E-state index contributed by atoms with van der Waals surface area (Å²) in [5, 5.41) is 0. The molecule has 88 valence electrons. The summed E-state index contributed by atoms with van der Waals surface area (Å²) in [5.74, 6) is -1.10. The number of carbonyl (C=O) groups is 2. The lowest BCUT2D eigenvalue weighted by Gasteiger charge is -2.00. The summed E-state index contributed by atoms with van der Waals surface area (Å²) in [6, 6.07) is 0. The molecule has 0 amide bonds. The van der Waals surface area contributed by atoms with Gasteiger partial charge in [-0.15, -0.1) is 23.1 Å². The molecule has 2 N–H and O–H groups in total. The number of hydrogen-bond donors (Lipinski definition) is 1. The molecule has 0 fully saturated rings. The normalized spacial score (nSPS) is 9.94. The minimum atomic E-state index is -0.548. The average Bonchev–Trinajstić information content (AvgIpc) is 2.64. The fraction of sp³-hybridized carbons (Fsp3) is 0.333. The number of rotatable bonds is 3. The Kier molecular flexibility index (Phi) is 4.19. The molecule has 0 saturated heterocycles. The van der Waals surface area contributed by atoms with Crippen LogP contribution in [0.2, 0.25) is 0 Å². The van der Waals surface area contributed by atoms with Gasteiger partial charge >= 0.3 is 11.9 Å². The molecule has 16 heavy (non-hydrogen) atoms. The van der Waals surface area contributed by atoms with Crippen molar-refractivity contribution in [2.24, 2.45) is 0 Å². The fourth-order valence-electron chi connectivity index (χ4n) is 1.11. The molecule has 0 atom stereocenters. The molecular weight excluding hydrogens is 250 g/mol. The van der Waals surface area contributed by atoms with E-state index in [4.69, 9.17) is 5.73 Å². The fourth-order valence-corrected chi connectivity index (χ4v) is 2.95. The summed E-state index contributed by atoms with van der Waals surface area (Å²) >= 11 is 2.46. The van der Waals surface area contributed by atoms with Crippen LogP contribution in [0.3, 0.4) is 0 Å². The maximum absolute atomic E-state index is 11.5. The van der Waals surface area contributed by atoms with E-state index in [0.29, 0.717) is 4.21 Å². The standard InChI is InChI=1S/C9H11NO4S2/c1-13-7(11)4-5(10)6(8(12)14-2)16-9(4)15-3/h10H2,1-3H3. The molecule has 1 heterocycles. The highest BCUT2D eigenvalue weighted by atomic mass is 32.2. The monoisotopic (exact) mass is 261 g/mol. The maximum Gasteiger partial charge on any atom is 0.350 e. The molecule has 5 nitrogen and oxygen atoms in total. The first-order valence-corrected chi connectivity index (χ1v) is 6.23. The van der Waals surface area contributed by atoms with Gasteiger partial charge in [-0.25, -0.2) is 9.59 Å². The van der Waals surface area contributed by atoms with Crippen LogP contribution in [0.5, 0.6) is 0 Å². The highest BCUT2D eigenvalue weighted by molar-refractivity contribution is 8.00. The highest BCUT2D eigenvalue weighted by Crippen LogP contribution is 2.37. The van der Waals surface area contributed by atoms with Crippen molar-refractivity contribution in [2.75, 3.05) is 26.2 Å². The minimum absolute atomic E-state index is 0.119. The van der Waals surface area contributed by atoms with E-state index in [2.05, 4.69) is 9.47 Å². The predicted molar refractivity (Wildman–Crippen MR) is 63.2 cm³/mol. The summed E-state index contributed by atoms with van der Waals surface area (Å²) in [7, 11) is 2.53. The van der Waals surface area contributed by atoms with E-state index in [0.717, 1.165) is 11.3 Å². The highest BCUT2D eigenvalue weighted by Gasteiger charge is 2.26. The number of nitrogen functional groups attached to an aromatic ring is 1. The SMILES string of the molecule is COC(=O)c1sc(SC)c(C(=O)OC)c1N. The number of anilines is 1. The molecule has 0 aliphatic rings. The Morgan fingerprint density at radius 1 is 1.25 bits per heavy atom. The number of nitrogens with two attached hydrogens (primary N) is 1. The number of thiophene rings is 1. The molecule has 1 aromatic heterocycles. The van der Waals surface area contributed by atoms with Crippen LogP contribution in [0.4, 0.5) is 5.69 Å². The molecule has 0 aliphatic carbocycles. The van der Waals surface area contributed by atoms with E-state index >= 15 is 0 Å². The second-order valence-electron chi connectivity index (χ2n) is 2.69. The van der Waals surface area contributed by atoms with E-state index in [-0.39, 0.29) is 16.1 Å². The summed E-state index contributed by atoms with van der Waals surface area (Å²) in [4.78, 5) is 23.1. The van der Waals surface area contributed by atoms with Crippen LogP contribution in [0, 0.1) is 0 Å². The van der Waals surface area contributed by atoms with Crippen LogP contribution in [0.15, 0.2) is 4.21 Å². The molecule has 0 spiro atoms. The van der Waals surface area contributed by atoms with Crippen molar-refractivity contribution < 1.29 is 19.1 Å². The van der Waals surface area contributed by atoms with Crippen molar-refractivity contribution in [2.45, 2.75) is 4.21 Å². The van der Waals surface area contributed by atoms with E-state index in [1.54, 1.807) is 6.26 Å². The first-order valence-electron chi connectivity index (χ1n) is 4.19. The Morgan fingerprint density at radius 3 is 2.25 bits per heavy atom. The number of esters is 2. The third-order valence-corrected chi connectivity index (χ3v) is 4.16. The molecular formula is C9H11NO4S2. The quantitative estimate of drug-likeness (QED) is 0.658. The Bertz CT molecular complexity index is 427. The molecule has 0 aliphatic heterocycles. The van der Waals surface area contributed by atoms with Gasteiger partial charge in [0.15, 0.2) is 0 Å². The second-order valence-corrected chi connectivity index (χ2v) is 4.79. The first kappa shape index (κ1) is 12.9. The molecule has 0 radical (unpaired) electrons. The lowest BCUT2D eigenvalue weighted by Crippen LogP contribution is -2.07. The van der Waals surface area contributed by atoms with E-state index in [9.17, 15) is 9.59 Å². The van der Waals surface area contributed by atoms with Crippen molar-refractivity contribution in [1.82, 2.24) is 0 Å². The van der Waals surface area contributed by atoms with Crippen LogP contribution in [-0.4, -0.2) is 32.4 Å². The van der Waals surface area contributed by atoms with Crippen LogP contribution in [-0.2, 0) is 9.47 Å². The van der Waals surface area contributed by atoms with Gasteiger partial charge in [0.2, 0.25) is 0 Å². The van der Waals surface area contributed by atoms with Gasteiger partial charge in [-0.2, -0.15) is 0 Å². The molecule has 1 aromatic rings. The Hall–Kier alpha value is -1.21. The zero-order chi connectivity index (χ0) is 12.3. The first-order chi connectivity index (χ1) is 7.56. The van der Waals surface area contributed by atoms with Crippen molar-refractivity contribution in [3.63, 3.8) is 0 Å². The van der Waals surface area contributed by atoms with Gasteiger partial charge in [0.05, 0.1) is 24.1 Å². The number of hydrogen-bond acceptors (Lipinski definition) is 7. The van der Waals surface area contributed by atoms with Crippen molar-refractivity contribution in [3.05, 3.63) is 10.4 Å². The van der Waals surface area contributed by atoms with Crippen molar-refractivity contribution in [1.29, 1.82) is 0 Å². The zero-order valence-corrected chi connectivity index (χ0v) is 10.7. The van der Waals surface area contributed by atoms with Gasteiger partial charge in [0.1, 0.15) is 10.4 Å². The van der Waals surface area contributed by atoms with Crippen molar-refractivity contribution in [3.8, 4) is 0 Å². The number of carbonyl (C=O) groups excluding carboxylic acids is 2. The van der Waals surface area contributed by atoms with E-state index in [1.807, 2.05) is 0 Å². The summed E-state index contributed by atoms with van der Waals surface area (Å²) < 4.78 is 9.83. The van der Waals surface area contributed by atoms with Gasteiger partial charge in [-0.1, -0.05) is 0 Å². The van der Waals surface area contributed by atoms with E-state index < -0.39 is 11.9 Å². The van der Waals surface area contributed by atoms with E-state index in [1.165, 1.54) is 26.0 Å². The van der Waals surface area contributed by atoms with Gasteiger partial charge < -0.3 is 15.2 Å². The van der Waals surface area contributed by atoms with Gasteiger partial charge in [-0.3, -0.25) is 0 Å². The third-order valence-electron chi connectivity index (χ3n) is 1.86. The van der Waals surface area contributed by atoms with Gasteiger partial charge in [-0.05, 0) is 6.26 Å². The second kappa shape index (κ2) is 5.22. The Labute approximate surface area is 101 Å². The number of thioether (sulfide) groups is 1. The summed E-state index contributed by atoms with van der Waals surface area (Å²) in [6.45, 7) is 0. The number of methoxy groups -OCH3 is 2. The van der Waals surface area contributed by atoms with Gasteiger partial charge in [0.25, 0.3) is 0 Å². The molecule has 0 bridgehead atoms. The van der Waals surface area contributed by atoms with Crippen LogP contribution in [0.1, 0.15) is 20.0 Å². The Morgan fingerprint density at radius 2 is 1.81 bits per heavy atom. The molecule has 1 rings (SSSR count). The molecule has 0 aromatic carbocycles. The largest absolute Gasteiger partial charge is 0.465 e. The minimum Gasteiger partial charge on any atom is -0.465 e. The van der Waals surface area contributed by atoms with Crippen molar-refractivity contribution >= 4 is 40.7 Å². The Balaban J connectivity index is 3.32. The van der Waals surface area contributed by atoms with Gasteiger partial charge in [0, 0.05) is 0 Å². The average molecular weight is 261 g/mol. The lowest BCUT2D eigenvalue weighted by atomic mass is 10.2. The molecule has 0 saturated carbocycles. The third kappa shape index (κ3) is 2.14.